The molecule has 1 heterocycles. The fourth-order valence-electron chi connectivity index (χ4n) is 3.10. The highest BCUT2D eigenvalue weighted by molar-refractivity contribution is 5.93. The number of carbonyl (C=O) groups excluding carboxylic acids is 1. The van der Waals surface area contributed by atoms with Gasteiger partial charge in [-0.25, -0.2) is 0 Å². The molecule has 1 N–H and O–H groups in total. The second-order valence-corrected chi connectivity index (χ2v) is 7.28. The topological polar surface area (TPSA) is 45.2 Å². The predicted octanol–water partition coefficient (Wildman–Crippen LogP) is 5.05. The Kier molecular flexibility index (Phi) is 6.43. The number of nitrogens with zero attached hydrogens (tertiary/aromatic N) is 2. The van der Waals surface area contributed by atoms with E-state index >= 15 is 0 Å². The highest BCUT2D eigenvalue weighted by Crippen LogP contribution is 2.16. The van der Waals surface area contributed by atoms with Gasteiger partial charge in [0.05, 0.1) is 0 Å². The Hall–Kier alpha value is -3.14. The Bertz CT molecular complexity index is 922. The van der Waals surface area contributed by atoms with Crippen LogP contribution in [0.1, 0.15) is 41.0 Å². The monoisotopic (exact) mass is 373 g/mol. The minimum Gasteiger partial charge on any atom is -0.381 e. The minimum atomic E-state index is -0.0574. The number of aromatic nitrogens is 1. The van der Waals surface area contributed by atoms with Gasteiger partial charge in [-0.2, -0.15) is 0 Å². The molecule has 2 aromatic carbocycles. The van der Waals surface area contributed by atoms with Crippen molar-refractivity contribution >= 4 is 11.6 Å². The molecule has 4 nitrogen and oxygen atoms in total. The van der Waals surface area contributed by atoms with E-state index in [2.05, 4.69) is 41.5 Å². The molecule has 1 amide bonds. The molecule has 0 aliphatic rings. The Balaban J connectivity index is 1.72. The van der Waals surface area contributed by atoms with Gasteiger partial charge in [-0.15, -0.1) is 0 Å². The summed E-state index contributed by atoms with van der Waals surface area (Å²) < 4.78 is 0. The van der Waals surface area contributed by atoms with Crippen molar-refractivity contribution in [3.8, 4) is 0 Å². The van der Waals surface area contributed by atoms with Crippen LogP contribution in [0.4, 0.5) is 5.69 Å². The summed E-state index contributed by atoms with van der Waals surface area (Å²) in [5.74, 6) is -0.0574. The van der Waals surface area contributed by atoms with Gasteiger partial charge in [-0.05, 0) is 44.0 Å². The molecule has 0 aliphatic heterocycles. The van der Waals surface area contributed by atoms with Gasteiger partial charge in [0.15, 0.2) is 0 Å². The van der Waals surface area contributed by atoms with E-state index in [-0.39, 0.29) is 11.9 Å². The van der Waals surface area contributed by atoms with Crippen LogP contribution in [0.3, 0.4) is 0 Å². The van der Waals surface area contributed by atoms with Crippen molar-refractivity contribution < 1.29 is 4.79 Å². The maximum atomic E-state index is 13.1. The van der Waals surface area contributed by atoms with Gasteiger partial charge in [0.1, 0.15) is 5.69 Å². The summed E-state index contributed by atoms with van der Waals surface area (Å²) in [6.45, 7) is 7.42. The van der Waals surface area contributed by atoms with Crippen LogP contribution in [0.2, 0.25) is 0 Å². The van der Waals surface area contributed by atoms with E-state index in [9.17, 15) is 4.79 Å². The molecule has 144 valence electrons. The summed E-state index contributed by atoms with van der Waals surface area (Å²) in [5.41, 5.74) is 4.90. The normalized spacial score (nSPS) is 10.7. The van der Waals surface area contributed by atoms with Crippen LogP contribution in [-0.4, -0.2) is 21.8 Å². The van der Waals surface area contributed by atoms with Crippen LogP contribution < -0.4 is 5.32 Å². The summed E-state index contributed by atoms with van der Waals surface area (Å²) >= 11 is 0. The molecule has 0 bridgehead atoms. The van der Waals surface area contributed by atoms with E-state index in [0.29, 0.717) is 18.8 Å². The molecule has 0 saturated heterocycles. The van der Waals surface area contributed by atoms with Crippen molar-refractivity contribution in [3.63, 3.8) is 0 Å². The van der Waals surface area contributed by atoms with Gasteiger partial charge in [0, 0.05) is 31.0 Å². The fourth-order valence-corrected chi connectivity index (χ4v) is 3.10. The third-order valence-corrected chi connectivity index (χ3v) is 4.64. The predicted molar refractivity (Wildman–Crippen MR) is 114 cm³/mol. The average Bonchev–Trinajstić information content (AvgIpc) is 2.71. The Morgan fingerprint density at radius 2 is 1.75 bits per heavy atom. The maximum absolute atomic E-state index is 13.1. The van der Waals surface area contributed by atoms with E-state index in [1.54, 1.807) is 6.20 Å². The summed E-state index contributed by atoms with van der Waals surface area (Å²) in [7, 11) is 0. The van der Waals surface area contributed by atoms with Gasteiger partial charge in [0.25, 0.3) is 5.91 Å². The lowest BCUT2D eigenvalue weighted by atomic mass is 10.1. The molecular weight excluding hydrogens is 346 g/mol. The largest absolute Gasteiger partial charge is 0.381 e. The standard InChI is InChI=1S/C24H27N3O/c1-18(2)27(17-20-9-5-4-6-10-20)24(28)23-15-22(12-13-25-23)26-16-21-11-7-8-19(3)14-21/h4-15,18H,16-17H2,1-3H3,(H,25,26). The molecule has 3 aromatic rings. The first kappa shape index (κ1) is 19.6. The molecule has 0 atom stereocenters. The van der Waals surface area contributed by atoms with Crippen LogP contribution in [-0.2, 0) is 13.1 Å². The van der Waals surface area contributed by atoms with Gasteiger partial charge in [-0.1, -0.05) is 60.2 Å². The highest BCUT2D eigenvalue weighted by atomic mass is 16.2. The Morgan fingerprint density at radius 3 is 2.46 bits per heavy atom. The van der Waals surface area contributed by atoms with E-state index in [4.69, 9.17) is 0 Å². The summed E-state index contributed by atoms with van der Waals surface area (Å²) in [6, 6.07) is 22.2. The van der Waals surface area contributed by atoms with Crippen molar-refractivity contribution in [3.05, 3.63) is 95.3 Å². The third kappa shape index (κ3) is 5.19. The molecule has 1 aromatic heterocycles. The number of rotatable bonds is 7. The molecule has 0 fully saturated rings. The Morgan fingerprint density at radius 1 is 1.00 bits per heavy atom. The molecule has 0 spiro atoms. The SMILES string of the molecule is Cc1cccc(CNc2ccnc(C(=O)N(Cc3ccccc3)C(C)C)c2)c1. The molecule has 0 aliphatic carbocycles. The number of hydrogen-bond donors (Lipinski definition) is 1. The number of benzene rings is 2. The van der Waals surface area contributed by atoms with Crippen molar-refractivity contribution in [2.75, 3.05) is 5.32 Å². The average molecular weight is 374 g/mol. The van der Waals surface area contributed by atoms with E-state index in [1.807, 2.05) is 61.2 Å². The number of pyridine rings is 1. The van der Waals surface area contributed by atoms with Crippen molar-refractivity contribution in [2.45, 2.75) is 39.9 Å². The molecule has 3 rings (SSSR count). The number of amides is 1. The highest BCUT2D eigenvalue weighted by Gasteiger charge is 2.20. The third-order valence-electron chi connectivity index (χ3n) is 4.64. The van der Waals surface area contributed by atoms with E-state index in [0.717, 1.165) is 11.3 Å². The van der Waals surface area contributed by atoms with Crippen LogP contribution in [0.25, 0.3) is 0 Å². The van der Waals surface area contributed by atoms with Crippen molar-refractivity contribution in [1.29, 1.82) is 0 Å². The number of carbonyl (C=O) groups is 1. The lowest BCUT2D eigenvalue weighted by molar-refractivity contribution is 0.0684. The first-order valence-electron chi connectivity index (χ1n) is 9.63. The zero-order chi connectivity index (χ0) is 19.9. The molecule has 0 radical (unpaired) electrons. The maximum Gasteiger partial charge on any atom is 0.273 e. The number of nitrogens with one attached hydrogen (secondary N) is 1. The van der Waals surface area contributed by atoms with Gasteiger partial charge < -0.3 is 10.2 Å². The fraction of sp³-hybridized carbons (Fsp3) is 0.250. The summed E-state index contributed by atoms with van der Waals surface area (Å²) in [4.78, 5) is 19.3. The first-order valence-corrected chi connectivity index (χ1v) is 9.63. The Labute approximate surface area is 167 Å². The summed E-state index contributed by atoms with van der Waals surface area (Å²) in [6.07, 6.45) is 1.69. The van der Waals surface area contributed by atoms with E-state index < -0.39 is 0 Å². The van der Waals surface area contributed by atoms with Gasteiger partial charge in [-0.3, -0.25) is 9.78 Å². The second kappa shape index (κ2) is 9.18. The quantitative estimate of drug-likeness (QED) is 0.630. The van der Waals surface area contributed by atoms with Gasteiger partial charge >= 0.3 is 0 Å². The van der Waals surface area contributed by atoms with Crippen LogP contribution in [0, 0.1) is 6.92 Å². The van der Waals surface area contributed by atoms with Crippen LogP contribution in [0.5, 0.6) is 0 Å². The lowest BCUT2D eigenvalue weighted by Gasteiger charge is -2.26. The van der Waals surface area contributed by atoms with Gasteiger partial charge in [0.2, 0.25) is 0 Å². The first-order chi connectivity index (χ1) is 13.5. The van der Waals surface area contributed by atoms with E-state index in [1.165, 1.54) is 11.1 Å². The zero-order valence-electron chi connectivity index (χ0n) is 16.7. The molecule has 4 heteroatoms. The molecule has 28 heavy (non-hydrogen) atoms. The number of hydrogen-bond acceptors (Lipinski definition) is 3. The zero-order valence-corrected chi connectivity index (χ0v) is 16.7. The number of anilines is 1. The molecule has 0 unspecified atom stereocenters. The second-order valence-electron chi connectivity index (χ2n) is 7.28. The van der Waals surface area contributed by atoms with Crippen molar-refractivity contribution in [1.82, 2.24) is 9.88 Å². The van der Waals surface area contributed by atoms with Crippen molar-refractivity contribution in [2.24, 2.45) is 0 Å². The summed E-state index contributed by atoms with van der Waals surface area (Å²) in [5, 5.41) is 3.39. The van der Waals surface area contributed by atoms with Crippen LogP contribution in [0.15, 0.2) is 72.9 Å². The molecular formula is C24H27N3O. The smallest absolute Gasteiger partial charge is 0.273 e. The number of aryl methyl sites for hydroxylation is 1. The minimum absolute atomic E-state index is 0.0574. The van der Waals surface area contributed by atoms with Crippen LogP contribution >= 0.6 is 0 Å². The lowest BCUT2D eigenvalue weighted by Crippen LogP contribution is -2.36. The molecule has 0 saturated carbocycles.